The zero-order chi connectivity index (χ0) is 14.9. The Kier molecular flexibility index (Phi) is 4.78. The maximum absolute atomic E-state index is 5.68. The number of nitrogen functional groups attached to an aromatic ring is 1. The fourth-order valence-electron chi connectivity index (χ4n) is 2.04. The third-order valence-corrected chi connectivity index (χ3v) is 5.80. The van der Waals surface area contributed by atoms with Gasteiger partial charge in [-0.15, -0.1) is 22.7 Å². The molecule has 0 radical (unpaired) electrons. The Morgan fingerprint density at radius 3 is 2.50 bits per heavy atom. The van der Waals surface area contributed by atoms with E-state index >= 15 is 0 Å². The van der Waals surface area contributed by atoms with Gasteiger partial charge < -0.3 is 5.73 Å². The standard InChI is InChI=1S/C14H22N4S2/c1-8(2)13-17-9(3)12(20-13)10(4)18(5)7-11-6-16-14(15)19-11/h6,8,10H,7H2,1-5H3,(H2,15,16). The smallest absolute Gasteiger partial charge is 0.180 e. The second-order valence-corrected chi connectivity index (χ2v) is 7.62. The number of rotatable bonds is 5. The number of hydrogen-bond donors (Lipinski definition) is 1. The Bertz CT molecular complexity index is 573. The predicted molar refractivity (Wildman–Crippen MR) is 87.3 cm³/mol. The number of hydrogen-bond acceptors (Lipinski definition) is 6. The molecule has 0 aliphatic rings. The maximum Gasteiger partial charge on any atom is 0.180 e. The molecule has 4 nitrogen and oxygen atoms in total. The summed E-state index contributed by atoms with van der Waals surface area (Å²) in [5.74, 6) is 0.492. The van der Waals surface area contributed by atoms with Crippen LogP contribution in [-0.2, 0) is 6.54 Å². The molecule has 2 heterocycles. The first-order chi connectivity index (χ1) is 9.38. The molecule has 0 bridgehead atoms. The highest BCUT2D eigenvalue weighted by Gasteiger charge is 2.19. The number of nitrogens with zero attached hydrogens (tertiary/aromatic N) is 3. The highest BCUT2D eigenvalue weighted by molar-refractivity contribution is 7.15. The molecule has 0 aliphatic heterocycles. The second kappa shape index (κ2) is 6.20. The van der Waals surface area contributed by atoms with E-state index in [2.05, 4.69) is 49.6 Å². The van der Waals surface area contributed by atoms with E-state index in [1.807, 2.05) is 17.5 Å². The lowest BCUT2D eigenvalue weighted by Gasteiger charge is -2.23. The van der Waals surface area contributed by atoms with Crippen LogP contribution in [0.3, 0.4) is 0 Å². The molecule has 0 amide bonds. The number of thiazole rings is 2. The summed E-state index contributed by atoms with van der Waals surface area (Å²) < 4.78 is 0. The summed E-state index contributed by atoms with van der Waals surface area (Å²) in [6.45, 7) is 9.58. The van der Waals surface area contributed by atoms with E-state index in [0.29, 0.717) is 17.1 Å². The number of anilines is 1. The molecular formula is C14H22N4S2. The van der Waals surface area contributed by atoms with E-state index in [1.165, 1.54) is 14.8 Å². The van der Waals surface area contributed by atoms with E-state index in [4.69, 9.17) is 5.73 Å². The van der Waals surface area contributed by atoms with Gasteiger partial charge in [-0.2, -0.15) is 0 Å². The predicted octanol–water partition coefficient (Wildman–Crippen LogP) is 3.81. The number of aryl methyl sites for hydroxylation is 1. The van der Waals surface area contributed by atoms with Crippen molar-refractivity contribution < 1.29 is 0 Å². The molecule has 20 heavy (non-hydrogen) atoms. The highest BCUT2D eigenvalue weighted by Crippen LogP contribution is 2.32. The average molecular weight is 310 g/mol. The summed E-state index contributed by atoms with van der Waals surface area (Å²) in [7, 11) is 2.13. The van der Waals surface area contributed by atoms with Crippen molar-refractivity contribution in [1.82, 2.24) is 14.9 Å². The molecule has 1 unspecified atom stereocenters. The van der Waals surface area contributed by atoms with E-state index < -0.39 is 0 Å². The van der Waals surface area contributed by atoms with Crippen molar-refractivity contribution in [1.29, 1.82) is 0 Å². The van der Waals surface area contributed by atoms with Gasteiger partial charge >= 0.3 is 0 Å². The fraction of sp³-hybridized carbons (Fsp3) is 0.571. The third-order valence-electron chi connectivity index (χ3n) is 3.36. The molecule has 2 N–H and O–H groups in total. The summed E-state index contributed by atoms with van der Waals surface area (Å²) in [6.07, 6.45) is 1.86. The largest absolute Gasteiger partial charge is 0.375 e. The molecule has 2 aromatic rings. The molecule has 2 rings (SSSR count). The zero-order valence-corrected chi connectivity index (χ0v) is 14.3. The van der Waals surface area contributed by atoms with Crippen molar-refractivity contribution in [3.05, 3.63) is 26.7 Å². The Morgan fingerprint density at radius 2 is 2.00 bits per heavy atom. The third kappa shape index (κ3) is 3.37. The lowest BCUT2D eigenvalue weighted by atomic mass is 10.2. The van der Waals surface area contributed by atoms with E-state index in [1.54, 1.807) is 11.3 Å². The van der Waals surface area contributed by atoms with Gasteiger partial charge in [0.05, 0.1) is 10.7 Å². The van der Waals surface area contributed by atoms with Crippen LogP contribution in [0.25, 0.3) is 0 Å². The normalized spacial score (nSPS) is 13.3. The quantitative estimate of drug-likeness (QED) is 0.912. The Labute approximate surface area is 128 Å². The van der Waals surface area contributed by atoms with Crippen LogP contribution in [0, 0.1) is 6.92 Å². The van der Waals surface area contributed by atoms with Gasteiger partial charge in [-0.3, -0.25) is 4.90 Å². The summed E-state index contributed by atoms with van der Waals surface area (Å²) >= 11 is 3.39. The number of aromatic nitrogens is 2. The summed E-state index contributed by atoms with van der Waals surface area (Å²) in [4.78, 5) is 13.7. The Balaban J connectivity index is 2.11. The second-order valence-electron chi connectivity index (χ2n) is 5.41. The first-order valence-corrected chi connectivity index (χ1v) is 8.39. The minimum absolute atomic E-state index is 0.350. The van der Waals surface area contributed by atoms with Crippen molar-refractivity contribution in [2.24, 2.45) is 0 Å². The lowest BCUT2D eigenvalue weighted by molar-refractivity contribution is 0.257. The van der Waals surface area contributed by atoms with Gasteiger partial charge in [0.2, 0.25) is 0 Å². The molecule has 0 saturated heterocycles. The molecule has 0 aromatic carbocycles. The Morgan fingerprint density at radius 1 is 1.30 bits per heavy atom. The Hall–Kier alpha value is -0.980. The van der Waals surface area contributed by atoms with Crippen molar-refractivity contribution in [2.75, 3.05) is 12.8 Å². The van der Waals surface area contributed by atoms with Crippen LogP contribution in [0.1, 0.15) is 53.2 Å². The minimum atomic E-state index is 0.350. The van der Waals surface area contributed by atoms with Gasteiger partial charge in [0.25, 0.3) is 0 Å². The minimum Gasteiger partial charge on any atom is -0.375 e. The molecule has 1 atom stereocenters. The van der Waals surface area contributed by atoms with E-state index in [-0.39, 0.29) is 0 Å². The lowest BCUT2D eigenvalue weighted by Crippen LogP contribution is -2.21. The van der Waals surface area contributed by atoms with Gasteiger partial charge in [-0.1, -0.05) is 13.8 Å². The van der Waals surface area contributed by atoms with Crippen LogP contribution in [-0.4, -0.2) is 21.9 Å². The SMILES string of the molecule is Cc1nc(C(C)C)sc1C(C)N(C)Cc1cnc(N)s1. The van der Waals surface area contributed by atoms with Crippen LogP contribution in [0.2, 0.25) is 0 Å². The zero-order valence-electron chi connectivity index (χ0n) is 12.7. The topological polar surface area (TPSA) is 55.0 Å². The van der Waals surface area contributed by atoms with Crippen molar-refractivity contribution in [3.8, 4) is 0 Å². The number of nitrogens with two attached hydrogens (primary N) is 1. The van der Waals surface area contributed by atoms with Gasteiger partial charge in [-0.25, -0.2) is 9.97 Å². The highest BCUT2D eigenvalue weighted by atomic mass is 32.1. The van der Waals surface area contributed by atoms with Gasteiger partial charge in [-0.05, 0) is 20.9 Å². The summed E-state index contributed by atoms with van der Waals surface area (Å²) in [5, 5.41) is 1.86. The van der Waals surface area contributed by atoms with Crippen molar-refractivity contribution >= 4 is 27.8 Å². The van der Waals surface area contributed by atoms with Crippen molar-refractivity contribution in [2.45, 2.75) is 46.2 Å². The van der Waals surface area contributed by atoms with Crippen LogP contribution < -0.4 is 5.73 Å². The molecule has 0 saturated carbocycles. The van der Waals surface area contributed by atoms with Crippen LogP contribution in [0.15, 0.2) is 6.20 Å². The van der Waals surface area contributed by atoms with E-state index in [0.717, 1.165) is 12.2 Å². The maximum atomic E-state index is 5.68. The molecule has 0 spiro atoms. The van der Waals surface area contributed by atoms with Gasteiger partial charge in [0.15, 0.2) is 5.13 Å². The molecule has 0 aliphatic carbocycles. The fourth-order valence-corrected chi connectivity index (χ4v) is 3.98. The monoisotopic (exact) mass is 310 g/mol. The average Bonchev–Trinajstić information content (AvgIpc) is 2.95. The summed E-state index contributed by atoms with van der Waals surface area (Å²) in [6, 6.07) is 0.350. The van der Waals surface area contributed by atoms with Crippen LogP contribution in [0.5, 0.6) is 0 Å². The first kappa shape index (κ1) is 15.4. The summed E-state index contributed by atoms with van der Waals surface area (Å²) in [5.41, 5.74) is 6.84. The molecule has 2 aromatic heterocycles. The molecule has 6 heteroatoms. The first-order valence-electron chi connectivity index (χ1n) is 6.76. The molecule has 0 fully saturated rings. The van der Waals surface area contributed by atoms with Crippen LogP contribution >= 0.6 is 22.7 Å². The van der Waals surface area contributed by atoms with Gasteiger partial charge in [0.1, 0.15) is 0 Å². The van der Waals surface area contributed by atoms with E-state index in [9.17, 15) is 0 Å². The van der Waals surface area contributed by atoms with Gasteiger partial charge in [0, 0.05) is 34.5 Å². The molecule has 110 valence electrons. The van der Waals surface area contributed by atoms with Crippen molar-refractivity contribution in [3.63, 3.8) is 0 Å². The van der Waals surface area contributed by atoms with Crippen LogP contribution in [0.4, 0.5) is 5.13 Å². The molecular weight excluding hydrogens is 288 g/mol.